The average molecular weight is 331 g/mol. The van der Waals surface area contributed by atoms with Crippen LogP contribution in [0.2, 0.25) is 0 Å². The third-order valence-corrected chi connectivity index (χ3v) is 3.25. The number of ether oxygens (including phenoxy) is 2. The zero-order chi connectivity index (χ0) is 17.5. The Balaban J connectivity index is 1.75. The highest BCUT2D eigenvalue weighted by Crippen LogP contribution is 2.16. The number of carbonyl (C=O) groups excluding carboxylic acids is 2. The zero-order valence-electron chi connectivity index (χ0n) is 14.0. The number of hydrogen-bond acceptors (Lipinski definition) is 5. The number of rotatable bonds is 7. The summed E-state index contributed by atoms with van der Waals surface area (Å²) in [7, 11) is 0. The van der Waals surface area contributed by atoms with Crippen molar-refractivity contribution in [3.8, 4) is 5.75 Å². The summed E-state index contributed by atoms with van der Waals surface area (Å²) in [6.07, 6.45) is 0.616. The van der Waals surface area contributed by atoms with E-state index >= 15 is 0 Å². The maximum atomic E-state index is 11.9. The fourth-order valence-corrected chi connectivity index (χ4v) is 2.17. The summed E-state index contributed by atoms with van der Waals surface area (Å²) in [5.74, 6) is 0.223. The molecule has 1 atom stereocenters. The lowest BCUT2D eigenvalue weighted by Crippen LogP contribution is -2.36. The molecule has 0 saturated heterocycles. The number of aryl methyl sites for hydroxylation is 2. The molecule has 0 saturated carbocycles. The van der Waals surface area contributed by atoms with E-state index in [2.05, 4.69) is 5.32 Å². The van der Waals surface area contributed by atoms with Crippen LogP contribution in [0, 0.1) is 13.8 Å². The molecule has 1 aromatic heterocycles. The maximum absolute atomic E-state index is 11.9. The Kier molecular flexibility index (Phi) is 6.01. The van der Waals surface area contributed by atoms with Crippen molar-refractivity contribution in [1.29, 1.82) is 0 Å². The molecule has 1 aromatic carbocycles. The van der Waals surface area contributed by atoms with Crippen LogP contribution >= 0.6 is 0 Å². The lowest BCUT2D eigenvalue weighted by atomic mass is 10.1. The molecule has 0 aliphatic carbocycles. The Morgan fingerprint density at radius 2 is 1.92 bits per heavy atom. The monoisotopic (exact) mass is 331 g/mol. The molecule has 6 nitrogen and oxygen atoms in total. The first kappa shape index (κ1) is 17.6. The van der Waals surface area contributed by atoms with E-state index in [0.29, 0.717) is 11.5 Å². The molecule has 1 N–H and O–H groups in total. The zero-order valence-corrected chi connectivity index (χ0v) is 14.0. The molecule has 128 valence electrons. The van der Waals surface area contributed by atoms with Gasteiger partial charge in [-0.05, 0) is 56.2 Å². The summed E-state index contributed by atoms with van der Waals surface area (Å²) < 4.78 is 15.6. The van der Waals surface area contributed by atoms with E-state index in [9.17, 15) is 9.59 Å². The minimum absolute atomic E-state index is 0.243. The summed E-state index contributed by atoms with van der Waals surface area (Å²) in [6, 6.07) is 9.15. The number of esters is 1. The SMILES string of the molecule is Cc1cc(C)cc(OCC(=O)O[C@@H](C)C(=O)NCc2ccco2)c1. The first-order chi connectivity index (χ1) is 11.4. The third-order valence-electron chi connectivity index (χ3n) is 3.25. The molecule has 0 fully saturated rings. The normalized spacial score (nSPS) is 11.6. The van der Waals surface area contributed by atoms with Crippen LogP contribution in [0.3, 0.4) is 0 Å². The molecule has 2 rings (SSSR count). The first-order valence-corrected chi connectivity index (χ1v) is 7.64. The van der Waals surface area contributed by atoms with Crippen molar-refractivity contribution in [2.45, 2.75) is 33.4 Å². The van der Waals surface area contributed by atoms with Crippen molar-refractivity contribution in [3.05, 3.63) is 53.5 Å². The second kappa shape index (κ2) is 8.19. The van der Waals surface area contributed by atoms with Crippen LogP contribution in [0.5, 0.6) is 5.75 Å². The number of carbonyl (C=O) groups is 2. The van der Waals surface area contributed by atoms with Crippen molar-refractivity contribution in [2.75, 3.05) is 6.61 Å². The van der Waals surface area contributed by atoms with Crippen molar-refractivity contribution in [3.63, 3.8) is 0 Å². The van der Waals surface area contributed by atoms with Crippen LogP contribution in [0.4, 0.5) is 0 Å². The van der Waals surface area contributed by atoms with E-state index in [1.165, 1.54) is 13.2 Å². The number of nitrogens with one attached hydrogen (secondary N) is 1. The number of amides is 1. The molecule has 1 heterocycles. The van der Waals surface area contributed by atoms with Gasteiger partial charge in [0.1, 0.15) is 11.5 Å². The molecule has 0 spiro atoms. The molecular weight excluding hydrogens is 310 g/mol. The molecular formula is C18H21NO5. The first-order valence-electron chi connectivity index (χ1n) is 7.64. The van der Waals surface area contributed by atoms with Gasteiger partial charge in [-0.2, -0.15) is 0 Å². The van der Waals surface area contributed by atoms with E-state index in [-0.39, 0.29) is 13.2 Å². The van der Waals surface area contributed by atoms with E-state index < -0.39 is 18.0 Å². The van der Waals surface area contributed by atoms with Crippen LogP contribution in [0.1, 0.15) is 23.8 Å². The summed E-state index contributed by atoms with van der Waals surface area (Å²) in [6.45, 7) is 5.39. The fraction of sp³-hybridized carbons (Fsp3) is 0.333. The number of furan rings is 1. The van der Waals surface area contributed by atoms with Crippen LogP contribution in [0.15, 0.2) is 41.0 Å². The molecule has 0 aliphatic heterocycles. The van der Waals surface area contributed by atoms with Crippen molar-refractivity contribution in [2.24, 2.45) is 0 Å². The molecule has 24 heavy (non-hydrogen) atoms. The van der Waals surface area contributed by atoms with Crippen LogP contribution < -0.4 is 10.1 Å². The van der Waals surface area contributed by atoms with Crippen LogP contribution in [0.25, 0.3) is 0 Å². The van der Waals surface area contributed by atoms with Gasteiger partial charge in [-0.1, -0.05) is 6.07 Å². The largest absolute Gasteiger partial charge is 0.482 e. The predicted molar refractivity (Wildman–Crippen MR) is 87.5 cm³/mol. The number of benzene rings is 1. The van der Waals surface area contributed by atoms with Gasteiger partial charge in [0.25, 0.3) is 5.91 Å². The second-order valence-electron chi connectivity index (χ2n) is 5.54. The highest BCUT2D eigenvalue weighted by molar-refractivity contribution is 5.83. The lowest BCUT2D eigenvalue weighted by Gasteiger charge is -2.13. The maximum Gasteiger partial charge on any atom is 0.344 e. The smallest absolute Gasteiger partial charge is 0.344 e. The van der Waals surface area contributed by atoms with Gasteiger partial charge in [-0.3, -0.25) is 4.79 Å². The van der Waals surface area contributed by atoms with E-state index in [0.717, 1.165) is 11.1 Å². The molecule has 1 amide bonds. The van der Waals surface area contributed by atoms with Crippen molar-refractivity contribution in [1.82, 2.24) is 5.32 Å². The van der Waals surface area contributed by atoms with E-state index in [1.54, 1.807) is 12.1 Å². The van der Waals surface area contributed by atoms with Gasteiger partial charge in [0, 0.05) is 0 Å². The van der Waals surface area contributed by atoms with Gasteiger partial charge in [0.15, 0.2) is 12.7 Å². The quantitative estimate of drug-likeness (QED) is 0.789. The van der Waals surface area contributed by atoms with Crippen molar-refractivity contribution < 1.29 is 23.5 Å². The Hall–Kier alpha value is -2.76. The Morgan fingerprint density at radius 1 is 1.21 bits per heavy atom. The van der Waals surface area contributed by atoms with E-state index in [1.807, 2.05) is 32.0 Å². The molecule has 0 bridgehead atoms. The van der Waals surface area contributed by atoms with E-state index in [4.69, 9.17) is 13.9 Å². The predicted octanol–water partition coefficient (Wildman–Crippen LogP) is 2.52. The van der Waals surface area contributed by atoms with Gasteiger partial charge < -0.3 is 19.2 Å². The van der Waals surface area contributed by atoms with Crippen LogP contribution in [-0.2, 0) is 20.9 Å². The van der Waals surface area contributed by atoms with Gasteiger partial charge in [0.2, 0.25) is 0 Å². The van der Waals surface area contributed by atoms with Crippen molar-refractivity contribution >= 4 is 11.9 Å². The number of hydrogen-bond donors (Lipinski definition) is 1. The molecule has 0 unspecified atom stereocenters. The minimum Gasteiger partial charge on any atom is -0.482 e. The van der Waals surface area contributed by atoms with Gasteiger partial charge in [-0.15, -0.1) is 0 Å². The molecule has 0 aliphatic rings. The Bertz CT molecular complexity index is 673. The Labute approximate surface area is 140 Å². The fourth-order valence-electron chi connectivity index (χ4n) is 2.17. The summed E-state index contributed by atoms with van der Waals surface area (Å²) >= 11 is 0. The minimum atomic E-state index is -0.907. The summed E-state index contributed by atoms with van der Waals surface area (Å²) in [4.78, 5) is 23.7. The highest BCUT2D eigenvalue weighted by atomic mass is 16.6. The molecule has 0 radical (unpaired) electrons. The standard InChI is InChI=1S/C18H21NO5/c1-12-7-13(2)9-16(8-12)23-11-17(20)24-14(3)18(21)19-10-15-5-4-6-22-15/h4-9,14H,10-11H2,1-3H3,(H,19,21)/t14-/m0/s1. The average Bonchev–Trinajstić information content (AvgIpc) is 3.03. The Morgan fingerprint density at radius 3 is 2.54 bits per heavy atom. The van der Waals surface area contributed by atoms with Gasteiger partial charge >= 0.3 is 5.97 Å². The molecule has 6 heteroatoms. The van der Waals surface area contributed by atoms with Gasteiger partial charge in [0.05, 0.1) is 12.8 Å². The highest BCUT2D eigenvalue weighted by Gasteiger charge is 2.18. The summed E-state index contributed by atoms with van der Waals surface area (Å²) in [5, 5.41) is 2.63. The topological polar surface area (TPSA) is 77.8 Å². The lowest BCUT2D eigenvalue weighted by molar-refractivity contribution is -0.156. The van der Waals surface area contributed by atoms with Crippen LogP contribution in [-0.4, -0.2) is 24.6 Å². The summed E-state index contributed by atoms with van der Waals surface area (Å²) in [5.41, 5.74) is 2.09. The van der Waals surface area contributed by atoms with Gasteiger partial charge in [-0.25, -0.2) is 4.79 Å². The third kappa shape index (κ3) is 5.46. The molecule has 2 aromatic rings. The second-order valence-corrected chi connectivity index (χ2v) is 5.54.